The van der Waals surface area contributed by atoms with Crippen molar-refractivity contribution in [2.24, 2.45) is 11.3 Å². The van der Waals surface area contributed by atoms with Crippen molar-refractivity contribution in [3.63, 3.8) is 0 Å². The van der Waals surface area contributed by atoms with Crippen LogP contribution in [0, 0.1) is 11.3 Å². The first-order valence-electron chi connectivity index (χ1n) is 6.74. The number of rotatable bonds is 8. The van der Waals surface area contributed by atoms with Gasteiger partial charge in [0.15, 0.2) is 0 Å². The molecule has 2 rings (SSSR count). The van der Waals surface area contributed by atoms with Gasteiger partial charge in [-0.15, -0.1) is 0 Å². The maximum absolute atomic E-state index is 5.50. The summed E-state index contributed by atoms with van der Waals surface area (Å²) in [4.78, 5) is 0. The molecule has 2 unspecified atom stereocenters. The minimum Gasteiger partial charge on any atom is -0.385 e. The third-order valence-corrected chi connectivity index (χ3v) is 4.27. The van der Waals surface area contributed by atoms with Crippen LogP contribution in [-0.2, 0) is 9.47 Å². The summed E-state index contributed by atoms with van der Waals surface area (Å²) in [6.45, 7) is 4.86. The second kappa shape index (κ2) is 6.14. The van der Waals surface area contributed by atoms with E-state index in [1.807, 2.05) is 7.05 Å². The minimum atomic E-state index is 0.525. The second-order valence-electron chi connectivity index (χ2n) is 5.57. The Kier molecular flexibility index (Phi) is 4.79. The van der Waals surface area contributed by atoms with Gasteiger partial charge in [-0.1, -0.05) is 0 Å². The molecule has 1 aliphatic heterocycles. The quantitative estimate of drug-likeness (QED) is 0.655. The first-order chi connectivity index (χ1) is 8.29. The largest absolute Gasteiger partial charge is 0.385 e. The zero-order chi connectivity index (χ0) is 12.1. The minimum absolute atomic E-state index is 0.525. The number of hydrogen-bond donors (Lipinski definition) is 2. The van der Waals surface area contributed by atoms with E-state index in [1.54, 1.807) is 7.11 Å². The van der Waals surface area contributed by atoms with E-state index in [9.17, 15) is 0 Å². The molecule has 1 saturated heterocycles. The highest BCUT2D eigenvalue weighted by molar-refractivity contribution is 4.95. The smallest absolute Gasteiger partial charge is 0.0623 e. The van der Waals surface area contributed by atoms with E-state index in [0.29, 0.717) is 17.4 Å². The van der Waals surface area contributed by atoms with Crippen molar-refractivity contribution in [2.75, 3.05) is 47.1 Å². The standard InChI is InChI=1S/C13H26N2O2/c1-14-12-9-17-8-11(12)7-15-10-13(3-4-13)5-6-16-2/h11-12,14-15H,3-10H2,1-2H3. The first kappa shape index (κ1) is 13.3. The van der Waals surface area contributed by atoms with Gasteiger partial charge >= 0.3 is 0 Å². The summed E-state index contributed by atoms with van der Waals surface area (Å²) in [5, 5.41) is 6.95. The second-order valence-corrected chi connectivity index (χ2v) is 5.57. The van der Waals surface area contributed by atoms with Gasteiger partial charge in [-0.05, 0) is 31.7 Å². The van der Waals surface area contributed by atoms with Gasteiger partial charge in [0.25, 0.3) is 0 Å². The average Bonchev–Trinajstić information content (AvgIpc) is 2.96. The molecule has 2 aliphatic rings. The molecular formula is C13H26N2O2. The van der Waals surface area contributed by atoms with Crippen molar-refractivity contribution < 1.29 is 9.47 Å². The van der Waals surface area contributed by atoms with E-state index >= 15 is 0 Å². The SMILES string of the molecule is CNC1COCC1CNCC1(CCOC)CC1. The first-order valence-corrected chi connectivity index (χ1v) is 6.74. The van der Waals surface area contributed by atoms with Crippen molar-refractivity contribution in [2.45, 2.75) is 25.3 Å². The summed E-state index contributed by atoms with van der Waals surface area (Å²) in [7, 11) is 3.81. The Hall–Kier alpha value is -0.160. The highest BCUT2D eigenvalue weighted by Gasteiger charge is 2.41. The average molecular weight is 242 g/mol. The lowest BCUT2D eigenvalue weighted by Crippen LogP contribution is -2.39. The molecule has 0 aromatic carbocycles. The fourth-order valence-corrected chi connectivity index (χ4v) is 2.65. The Morgan fingerprint density at radius 3 is 2.82 bits per heavy atom. The molecule has 1 aliphatic carbocycles. The summed E-state index contributed by atoms with van der Waals surface area (Å²) in [6, 6.07) is 0.525. The van der Waals surface area contributed by atoms with Gasteiger partial charge in [-0.2, -0.15) is 0 Å². The maximum atomic E-state index is 5.50. The van der Waals surface area contributed by atoms with E-state index in [0.717, 1.165) is 32.9 Å². The van der Waals surface area contributed by atoms with Crippen LogP contribution in [0.25, 0.3) is 0 Å². The highest BCUT2D eigenvalue weighted by Crippen LogP contribution is 2.48. The summed E-state index contributed by atoms with van der Waals surface area (Å²) in [5.74, 6) is 0.623. The fraction of sp³-hybridized carbons (Fsp3) is 1.00. The van der Waals surface area contributed by atoms with Crippen LogP contribution in [-0.4, -0.2) is 53.1 Å². The van der Waals surface area contributed by atoms with Gasteiger partial charge < -0.3 is 20.1 Å². The Morgan fingerprint density at radius 2 is 2.18 bits per heavy atom. The van der Waals surface area contributed by atoms with Gasteiger partial charge in [0.1, 0.15) is 0 Å². The maximum Gasteiger partial charge on any atom is 0.0623 e. The van der Waals surface area contributed by atoms with Crippen LogP contribution < -0.4 is 10.6 Å². The van der Waals surface area contributed by atoms with Crippen LogP contribution in [0.15, 0.2) is 0 Å². The summed E-state index contributed by atoms with van der Waals surface area (Å²) in [5.41, 5.74) is 0.546. The zero-order valence-electron chi connectivity index (χ0n) is 11.1. The van der Waals surface area contributed by atoms with Crippen LogP contribution in [0.3, 0.4) is 0 Å². The van der Waals surface area contributed by atoms with Crippen LogP contribution >= 0.6 is 0 Å². The van der Waals surface area contributed by atoms with E-state index < -0.39 is 0 Å². The normalized spacial score (nSPS) is 30.7. The van der Waals surface area contributed by atoms with Gasteiger partial charge in [0.2, 0.25) is 0 Å². The third-order valence-electron chi connectivity index (χ3n) is 4.27. The van der Waals surface area contributed by atoms with E-state index in [1.165, 1.54) is 19.3 Å². The van der Waals surface area contributed by atoms with Crippen LogP contribution in [0.1, 0.15) is 19.3 Å². The topological polar surface area (TPSA) is 42.5 Å². The molecule has 0 amide bonds. The van der Waals surface area contributed by atoms with Gasteiger partial charge in [0.05, 0.1) is 13.2 Å². The molecule has 4 nitrogen and oxygen atoms in total. The Labute approximate surface area is 104 Å². The molecule has 0 bridgehead atoms. The number of likely N-dealkylation sites (N-methyl/N-ethyl adjacent to an activating group) is 1. The predicted octanol–water partition coefficient (Wildman–Crippen LogP) is 0.627. The number of hydrogen-bond acceptors (Lipinski definition) is 4. The number of nitrogens with one attached hydrogen (secondary N) is 2. The van der Waals surface area contributed by atoms with Gasteiger partial charge in [-0.3, -0.25) is 0 Å². The monoisotopic (exact) mass is 242 g/mol. The molecular weight excluding hydrogens is 216 g/mol. The Bertz CT molecular complexity index is 231. The van der Waals surface area contributed by atoms with Crippen molar-refractivity contribution >= 4 is 0 Å². The third kappa shape index (κ3) is 3.65. The molecule has 17 heavy (non-hydrogen) atoms. The van der Waals surface area contributed by atoms with E-state index in [-0.39, 0.29) is 0 Å². The van der Waals surface area contributed by atoms with Crippen LogP contribution in [0.5, 0.6) is 0 Å². The van der Waals surface area contributed by atoms with Crippen molar-refractivity contribution in [1.82, 2.24) is 10.6 Å². The van der Waals surface area contributed by atoms with Crippen molar-refractivity contribution in [3.05, 3.63) is 0 Å². The van der Waals surface area contributed by atoms with Crippen molar-refractivity contribution in [3.8, 4) is 0 Å². The van der Waals surface area contributed by atoms with Gasteiger partial charge in [0, 0.05) is 38.8 Å². The molecule has 1 saturated carbocycles. The summed E-state index contributed by atoms with van der Waals surface area (Å²) in [6.07, 6.45) is 3.92. The molecule has 100 valence electrons. The van der Waals surface area contributed by atoms with E-state index in [4.69, 9.17) is 9.47 Å². The molecule has 0 radical (unpaired) electrons. The lowest BCUT2D eigenvalue weighted by molar-refractivity contribution is 0.169. The lowest BCUT2D eigenvalue weighted by atomic mass is 10.0. The summed E-state index contributed by atoms with van der Waals surface area (Å²) >= 11 is 0. The molecule has 1 heterocycles. The molecule has 0 aromatic rings. The molecule has 0 spiro atoms. The summed E-state index contributed by atoms with van der Waals surface area (Å²) < 4.78 is 10.7. The molecule has 2 fully saturated rings. The van der Waals surface area contributed by atoms with Gasteiger partial charge in [-0.25, -0.2) is 0 Å². The van der Waals surface area contributed by atoms with Crippen LogP contribution in [0.4, 0.5) is 0 Å². The Morgan fingerprint density at radius 1 is 1.35 bits per heavy atom. The predicted molar refractivity (Wildman–Crippen MR) is 68.2 cm³/mol. The number of methoxy groups -OCH3 is 1. The fourth-order valence-electron chi connectivity index (χ4n) is 2.65. The molecule has 4 heteroatoms. The van der Waals surface area contributed by atoms with Crippen LogP contribution in [0.2, 0.25) is 0 Å². The molecule has 0 aromatic heterocycles. The number of ether oxygens (including phenoxy) is 2. The van der Waals surface area contributed by atoms with E-state index in [2.05, 4.69) is 10.6 Å². The zero-order valence-corrected chi connectivity index (χ0v) is 11.1. The lowest BCUT2D eigenvalue weighted by Gasteiger charge is -2.20. The molecule has 2 N–H and O–H groups in total. The molecule has 2 atom stereocenters. The van der Waals surface area contributed by atoms with Crippen molar-refractivity contribution in [1.29, 1.82) is 0 Å². The highest BCUT2D eigenvalue weighted by atomic mass is 16.5. The Balaban J connectivity index is 1.62.